The third-order valence-electron chi connectivity index (χ3n) is 2.12. The molecule has 1 N–H and O–H groups in total. The Labute approximate surface area is 110 Å². The van der Waals surface area contributed by atoms with Gasteiger partial charge in [0.25, 0.3) is 0 Å². The molecule has 0 unspecified atom stereocenters. The summed E-state index contributed by atoms with van der Waals surface area (Å²) in [5.74, 6) is 0. The molecule has 0 spiro atoms. The smallest absolute Gasteiger partial charge is 0.0562 e. The third-order valence-corrected chi connectivity index (χ3v) is 2.63. The van der Waals surface area contributed by atoms with Crippen molar-refractivity contribution in [3.05, 3.63) is 64.1 Å². The maximum Gasteiger partial charge on any atom is 0.0562 e. The summed E-state index contributed by atoms with van der Waals surface area (Å²) in [7, 11) is 0. The van der Waals surface area contributed by atoms with Crippen molar-refractivity contribution in [3.63, 3.8) is 0 Å². The molecule has 2 nitrogen and oxygen atoms in total. The molecule has 0 fully saturated rings. The summed E-state index contributed by atoms with van der Waals surface area (Å²) in [5.41, 5.74) is 4.78. The van der Waals surface area contributed by atoms with E-state index in [1.807, 2.05) is 48.5 Å². The van der Waals surface area contributed by atoms with Gasteiger partial charge in [-0.05, 0) is 42.0 Å². The lowest BCUT2D eigenvalue weighted by molar-refractivity contribution is 1.35. The second kappa shape index (κ2) is 5.71. The van der Waals surface area contributed by atoms with E-state index in [2.05, 4.69) is 10.5 Å². The zero-order valence-corrected chi connectivity index (χ0v) is 10.4. The van der Waals surface area contributed by atoms with E-state index in [0.717, 1.165) is 11.3 Å². The molecule has 0 saturated carbocycles. The maximum atomic E-state index is 5.78. The Balaban J connectivity index is 1.97. The molecule has 0 aromatic heterocycles. The lowest BCUT2D eigenvalue weighted by Gasteiger charge is -1.99. The van der Waals surface area contributed by atoms with Crippen molar-refractivity contribution >= 4 is 35.1 Å². The molecule has 2 aromatic carbocycles. The first-order valence-corrected chi connectivity index (χ1v) is 5.80. The fraction of sp³-hybridized carbons (Fsp3) is 0. The van der Waals surface area contributed by atoms with Crippen LogP contribution in [-0.2, 0) is 0 Å². The molecule has 0 amide bonds. The number of nitrogens with one attached hydrogen (secondary N) is 1. The predicted octanol–water partition coefficient (Wildman–Crippen LogP) is 4.44. The number of hydrogen-bond donors (Lipinski definition) is 1. The second-order valence-corrected chi connectivity index (χ2v) is 4.30. The number of hydrazone groups is 1. The van der Waals surface area contributed by atoms with Crippen LogP contribution >= 0.6 is 23.2 Å². The minimum atomic E-state index is 0.706. The van der Waals surface area contributed by atoms with Gasteiger partial charge in [0.1, 0.15) is 0 Å². The van der Waals surface area contributed by atoms with Crippen LogP contribution in [0.25, 0.3) is 0 Å². The van der Waals surface area contributed by atoms with Crippen LogP contribution in [0.5, 0.6) is 0 Å². The molecule has 0 atom stereocenters. The van der Waals surface area contributed by atoms with E-state index in [-0.39, 0.29) is 0 Å². The molecule has 0 saturated heterocycles. The fourth-order valence-electron chi connectivity index (χ4n) is 1.25. The normalized spacial score (nSPS) is 10.7. The Morgan fingerprint density at radius 1 is 0.824 bits per heavy atom. The van der Waals surface area contributed by atoms with Gasteiger partial charge in [0, 0.05) is 10.0 Å². The van der Waals surface area contributed by atoms with E-state index in [1.54, 1.807) is 6.21 Å². The summed E-state index contributed by atoms with van der Waals surface area (Å²) >= 11 is 11.6. The summed E-state index contributed by atoms with van der Waals surface area (Å²) in [6.45, 7) is 0. The summed E-state index contributed by atoms with van der Waals surface area (Å²) < 4.78 is 0. The fourth-order valence-corrected chi connectivity index (χ4v) is 1.51. The van der Waals surface area contributed by atoms with Gasteiger partial charge in [0.2, 0.25) is 0 Å². The van der Waals surface area contributed by atoms with Gasteiger partial charge in [-0.3, -0.25) is 5.43 Å². The van der Waals surface area contributed by atoms with Crippen LogP contribution < -0.4 is 5.43 Å². The molecule has 0 aliphatic heterocycles. The summed E-state index contributed by atoms with van der Waals surface area (Å²) in [5, 5.41) is 5.53. The Morgan fingerprint density at radius 3 is 1.94 bits per heavy atom. The minimum absolute atomic E-state index is 0.706. The highest BCUT2D eigenvalue weighted by Gasteiger charge is 1.90. The maximum absolute atomic E-state index is 5.78. The van der Waals surface area contributed by atoms with Crippen LogP contribution in [0.2, 0.25) is 10.0 Å². The van der Waals surface area contributed by atoms with Crippen LogP contribution in [0.15, 0.2) is 53.6 Å². The third kappa shape index (κ3) is 3.77. The zero-order chi connectivity index (χ0) is 12.1. The van der Waals surface area contributed by atoms with E-state index >= 15 is 0 Å². The molecular formula is C13H10Cl2N2. The molecule has 4 heteroatoms. The lowest BCUT2D eigenvalue weighted by Crippen LogP contribution is -1.89. The van der Waals surface area contributed by atoms with Gasteiger partial charge < -0.3 is 0 Å². The van der Waals surface area contributed by atoms with E-state index < -0.39 is 0 Å². The topological polar surface area (TPSA) is 24.4 Å². The highest BCUT2D eigenvalue weighted by atomic mass is 35.5. The largest absolute Gasteiger partial charge is 0.279 e. The van der Waals surface area contributed by atoms with Gasteiger partial charge in [-0.25, -0.2) is 0 Å². The first kappa shape index (κ1) is 12.0. The number of rotatable bonds is 3. The number of anilines is 1. The van der Waals surface area contributed by atoms with Gasteiger partial charge in [0.15, 0.2) is 0 Å². The lowest BCUT2D eigenvalue weighted by atomic mass is 10.2. The van der Waals surface area contributed by atoms with Crippen LogP contribution in [0, 0.1) is 0 Å². The second-order valence-electron chi connectivity index (χ2n) is 3.43. The Hall–Kier alpha value is -1.51. The summed E-state index contributed by atoms with van der Waals surface area (Å²) in [6, 6.07) is 14.8. The number of benzene rings is 2. The van der Waals surface area contributed by atoms with Crippen molar-refractivity contribution in [3.8, 4) is 0 Å². The van der Waals surface area contributed by atoms with Gasteiger partial charge in [-0.2, -0.15) is 5.10 Å². The SMILES string of the molecule is Clc1ccc(/C=N/Nc2ccc(Cl)cc2)cc1. The summed E-state index contributed by atoms with van der Waals surface area (Å²) in [6.07, 6.45) is 1.73. The Bertz CT molecular complexity index is 504. The van der Waals surface area contributed by atoms with Gasteiger partial charge >= 0.3 is 0 Å². The first-order valence-electron chi connectivity index (χ1n) is 5.04. The Morgan fingerprint density at radius 2 is 1.35 bits per heavy atom. The standard InChI is InChI=1S/C13H10Cl2N2/c14-11-3-1-10(2-4-11)9-16-17-13-7-5-12(15)6-8-13/h1-9,17H/b16-9+. The molecular weight excluding hydrogens is 255 g/mol. The van der Waals surface area contributed by atoms with Crippen molar-refractivity contribution in [2.75, 3.05) is 5.43 Å². The first-order chi connectivity index (χ1) is 8.24. The molecule has 0 aliphatic rings. The summed E-state index contributed by atoms with van der Waals surface area (Å²) in [4.78, 5) is 0. The number of nitrogens with zero attached hydrogens (tertiary/aromatic N) is 1. The van der Waals surface area contributed by atoms with Crippen molar-refractivity contribution in [1.82, 2.24) is 0 Å². The predicted molar refractivity (Wildman–Crippen MR) is 74.1 cm³/mol. The van der Waals surface area contributed by atoms with Crippen LogP contribution in [0.1, 0.15) is 5.56 Å². The number of hydrogen-bond acceptors (Lipinski definition) is 2. The minimum Gasteiger partial charge on any atom is -0.279 e. The zero-order valence-electron chi connectivity index (χ0n) is 8.90. The molecule has 0 bridgehead atoms. The van der Waals surface area contributed by atoms with E-state index in [1.165, 1.54) is 0 Å². The van der Waals surface area contributed by atoms with E-state index in [0.29, 0.717) is 10.0 Å². The highest BCUT2D eigenvalue weighted by molar-refractivity contribution is 6.30. The molecule has 0 heterocycles. The molecule has 0 radical (unpaired) electrons. The Kier molecular flexibility index (Phi) is 4.02. The van der Waals surface area contributed by atoms with Gasteiger partial charge in [-0.15, -0.1) is 0 Å². The molecule has 2 aromatic rings. The monoisotopic (exact) mass is 264 g/mol. The van der Waals surface area contributed by atoms with E-state index in [9.17, 15) is 0 Å². The van der Waals surface area contributed by atoms with Crippen molar-refractivity contribution in [2.45, 2.75) is 0 Å². The van der Waals surface area contributed by atoms with Gasteiger partial charge in [0.05, 0.1) is 11.9 Å². The number of halogens is 2. The van der Waals surface area contributed by atoms with Crippen LogP contribution in [-0.4, -0.2) is 6.21 Å². The molecule has 86 valence electrons. The quantitative estimate of drug-likeness (QED) is 0.644. The van der Waals surface area contributed by atoms with Crippen LogP contribution in [0.4, 0.5) is 5.69 Å². The molecule has 0 aliphatic carbocycles. The van der Waals surface area contributed by atoms with Crippen LogP contribution in [0.3, 0.4) is 0 Å². The van der Waals surface area contributed by atoms with Crippen molar-refractivity contribution in [2.24, 2.45) is 5.10 Å². The van der Waals surface area contributed by atoms with Crippen molar-refractivity contribution in [1.29, 1.82) is 0 Å². The molecule has 17 heavy (non-hydrogen) atoms. The van der Waals surface area contributed by atoms with Crippen molar-refractivity contribution < 1.29 is 0 Å². The average Bonchev–Trinajstić information content (AvgIpc) is 2.34. The molecule has 2 rings (SSSR count). The van der Waals surface area contributed by atoms with E-state index in [4.69, 9.17) is 23.2 Å². The van der Waals surface area contributed by atoms with Gasteiger partial charge in [-0.1, -0.05) is 35.3 Å². The average molecular weight is 265 g/mol. The highest BCUT2D eigenvalue weighted by Crippen LogP contribution is 2.13.